The summed E-state index contributed by atoms with van der Waals surface area (Å²) in [4.78, 5) is 7.51. The second-order valence-corrected chi connectivity index (χ2v) is 3.19. The summed E-state index contributed by atoms with van der Waals surface area (Å²) in [5.74, 6) is 0. The van der Waals surface area contributed by atoms with Gasteiger partial charge >= 0.3 is 0 Å². The Morgan fingerprint density at radius 2 is 2.62 bits per heavy atom. The third-order valence-electron chi connectivity index (χ3n) is 1.47. The van der Waals surface area contributed by atoms with E-state index in [-0.39, 0.29) is 18.2 Å². The van der Waals surface area contributed by atoms with Crippen molar-refractivity contribution in [3.63, 3.8) is 0 Å². The van der Waals surface area contributed by atoms with Crippen LogP contribution in [0.1, 0.15) is 12.5 Å². The molecule has 2 rings (SSSR count). The maximum absolute atomic E-state index is 7.84. The van der Waals surface area contributed by atoms with E-state index < -0.39 is 6.85 Å². The van der Waals surface area contributed by atoms with Crippen molar-refractivity contribution < 1.29 is 6.85 Å². The molecular weight excluding hydrogens is 230 g/mol. The minimum absolute atomic E-state index is 0.293. The molecule has 0 saturated carbocycles. The second kappa shape index (κ2) is 3.30. The van der Waals surface area contributed by atoms with Crippen molar-refractivity contribution in [3.8, 4) is 5.69 Å². The normalized spacial score (nSPS) is 16.8. The highest BCUT2D eigenvalue weighted by atomic mass is 79.9. The van der Waals surface area contributed by atoms with E-state index in [9.17, 15) is 0 Å². The van der Waals surface area contributed by atoms with E-state index in [2.05, 4.69) is 25.9 Å². The largest absolute Gasteiger partial charge is 0.305 e. The molecule has 2 heterocycles. The van der Waals surface area contributed by atoms with Crippen molar-refractivity contribution in [3.05, 3.63) is 41.1 Å². The molecule has 4 heteroatoms. The van der Waals surface area contributed by atoms with Gasteiger partial charge in [0.2, 0.25) is 0 Å². The van der Waals surface area contributed by atoms with Crippen LogP contribution < -0.4 is 0 Å². The highest BCUT2D eigenvalue weighted by Gasteiger charge is 2.01. The van der Waals surface area contributed by atoms with E-state index in [0.717, 1.165) is 4.57 Å². The van der Waals surface area contributed by atoms with Crippen molar-refractivity contribution in [2.75, 3.05) is 0 Å². The molecule has 0 aromatic carbocycles. The average molecular weight is 243 g/mol. The van der Waals surface area contributed by atoms with Crippen molar-refractivity contribution in [2.24, 2.45) is 0 Å². The summed E-state index contributed by atoms with van der Waals surface area (Å²) in [6.07, 6.45) is 2.39. The molecule has 0 bridgehead atoms. The van der Waals surface area contributed by atoms with Crippen LogP contribution in [0.2, 0.25) is 0 Å². The molecule has 0 spiro atoms. The molecule has 0 aliphatic carbocycles. The first-order chi connectivity index (χ1) is 8.32. The zero-order chi connectivity index (χ0) is 13.5. The lowest BCUT2D eigenvalue weighted by molar-refractivity contribution is 1.04. The Morgan fingerprint density at radius 3 is 3.31 bits per heavy atom. The molecule has 3 nitrogen and oxygen atoms in total. The molecule has 0 saturated heterocycles. The van der Waals surface area contributed by atoms with Crippen molar-refractivity contribution >= 4 is 15.9 Å². The summed E-state index contributed by atoms with van der Waals surface area (Å²) in [5, 5.41) is 0. The summed E-state index contributed by atoms with van der Waals surface area (Å²) in [7, 11) is 0. The maximum atomic E-state index is 7.84. The molecule has 13 heavy (non-hydrogen) atoms. The van der Waals surface area contributed by atoms with Crippen molar-refractivity contribution in [2.45, 2.75) is 6.85 Å². The zero-order valence-corrected chi connectivity index (χ0v) is 8.04. The summed E-state index contributed by atoms with van der Waals surface area (Å²) in [6.45, 7) is -2.50. The maximum Gasteiger partial charge on any atom is 0.105 e. The number of halogens is 1. The fraction of sp³-hybridized carbons (Fsp3) is 0.111. The summed E-state index contributed by atoms with van der Waals surface area (Å²) in [6, 6.07) is 1.57. The Bertz CT molecular complexity index is 592. The lowest BCUT2D eigenvalue weighted by Gasteiger charge is -2.02. The van der Waals surface area contributed by atoms with Gasteiger partial charge in [-0.25, -0.2) is 4.98 Å². The molecule has 0 N–H and O–H groups in total. The van der Waals surface area contributed by atoms with Crippen molar-refractivity contribution in [1.29, 1.82) is 0 Å². The van der Waals surface area contributed by atoms with Gasteiger partial charge in [-0.15, -0.1) is 0 Å². The number of aryl methyl sites for hydroxylation is 1. The number of pyridine rings is 1. The number of hydrogen-bond acceptors (Lipinski definition) is 2. The van der Waals surface area contributed by atoms with Crippen LogP contribution in [0.4, 0.5) is 0 Å². The lowest BCUT2D eigenvalue weighted by Crippen LogP contribution is -1.91. The molecule has 2 aromatic heterocycles. The van der Waals surface area contributed by atoms with Crippen LogP contribution >= 0.6 is 15.9 Å². The van der Waals surface area contributed by atoms with E-state index in [1.165, 1.54) is 12.4 Å². The zero-order valence-electron chi connectivity index (χ0n) is 11.5. The molecule has 0 atom stereocenters. The van der Waals surface area contributed by atoms with E-state index in [0.29, 0.717) is 10.2 Å². The van der Waals surface area contributed by atoms with Crippen LogP contribution in [0.3, 0.4) is 0 Å². The van der Waals surface area contributed by atoms with Crippen LogP contribution in [0, 0.1) is 6.85 Å². The van der Waals surface area contributed by atoms with Crippen LogP contribution in [0.15, 0.2) is 35.4 Å². The Balaban J connectivity index is 2.67. The topological polar surface area (TPSA) is 30.7 Å². The lowest BCUT2D eigenvalue weighted by atomic mass is 10.4. The monoisotopic (exact) mass is 242 g/mol. The molecule has 0 amide bonds. The smallest absolute Gasteiger partial charge is 0.105 e. The summed E-state index contributed by atoms with van der Waals surface area (Å²) >= 11 is 3.24. The Kier molecular flexibility index (Phi) is 1.11. The first-order valence-electron chi connectivity index (χ1n) is 5.98. The first-order valence-corrected chi connectivity index (χ1v) is 4.28. The number of hydrogen-bond donors (Lipinski definition) is 0. The molecule has 2 aromatic rings. The van der Waals surface area contributed by atoms with Gasteiger partial charge in [0.1, 0.15) is 1.37 Å². The third-order valence-corrected chi connectivity index (χ3v) is 2.08. The number of imidazole rings is 1. The Hall–Kier alpha value is -1.16. The van der Waals surface area contributed by atoms with Gasteiger partial charge in [0.15, 0.2) is 0 Å². The summed E-state index contributed by atoms with van der Waals surface area (Å²) < 4.78 is 39.0. The van der Waals surface area contributed by atoms with E-state index in [1.807, 2.05) is 0 Å². The Morgan fingerprint density at radius 1 is 1.69 bits per heavy atom. The molecule has 0 fully saturated rings. The molecule has 0 aliphatic rings. The SMILES string of the molecule is [2H]c1nc(C([2H])([2H])[2H])c([2H])n1-c1ccncc1Br. The van der Waals surface area contributed by atoms with Gasteiger partial charge in [0.05, 0.1) is 23.5 Å². The second-order valence-electron chi connectivity index (χ2n) is 2.33. The highest BCUT2D eigenvalue weighted by Crippen LogP contribution is 2.18. The van der Waals surface area contributed by atoms with Crippen LogP contribution in [0.5, 0.6) is 0 Å². The number of nitrogens with zero attached hydrogens (tertiary/aromatic N) is 3. The van der Waals surface area contributed by atoms with Gasteiger partial charge in [-0.05, 0) is 28.8 Å². The number of rotatable bonds is 1. The molecule has 0 unspecified atom stereocenters. The first kappa shape index (κ1) is 4.37. The molecule has 66 valence electrons. The number of aromatic nitrogens is 3. The van der Waals surface area contributed by atoms with Gasteiger partial charge in [-0.1, -0.05) is 0 Å². The highest BCUT2D eigenvalue weighted by molar-refractivity contribution is 9.10. The quantitative estimate of drug-likeness (QED) is 0.769. The molecule has 0 radical (unpaired) electrons. The van der Waals surface area contributed by atoms with Gasteiger partial charge in [-0.3, -0.25) is 4.98 Å². The molecular formula is C9H8BrN3. The Labute approximate surface area is 91.6 Å². The van der Waals surface area contributed by atoms with Gasteiger partial charge in [-0.2, -0.15) is 0 Å². The summed E-state index contributed by atoms with van der Waals surface area (Å²) in [5.41, 5.74) is 0.0826. The average Bonchev–Trinajstić information content (AvgIpc) is 2.55. The predicted octanol–water partition coefficient (Wildman–Crippen LogP) is 2.34. The minimum atomic E-state index is -2.50. The van der Waals surface area contributed by atoms with Crippen molar-refractivity contribution in [1.82, 2.24) is 14.5 Å². The van der Waals surface area contributed by atoms with E-state index in [4.69, 9.17) is 6.85 Å². The van der Waals surface area contributed by atoms with E-state index >= 15 is 0 Å². The van der Waals surface area contributed by atoms with E-state index in [1.54, 1.807) is 6.07 Å². The standard InChI is InChI=1S/C9H8BrN3/c1-7-5-13(6-12-7)9-2-3-11-4-8(9)10/h2-6H,1H3/i1D3,5D,6D. The van der Waals surface area contributed by atoms with Crippen LogP contribution in [0.25, 0.3) is 5.69 Å². The predicted molar refractivity (Wildman–Crippen MR) is 53.8 cm³/mol. The third kappa shape index (κ3) is 1.62. The van der Waals surface area contributed by atoms with Crippen LogP contribution in [-0.2, 0) is 0 Å². The van der Waals surface area contributed by atoms with Gasteiger partial charge in [0, 0.05) is 22.7 Å². The fourth-order valence-electron chi connectivity index (χ4n) is 0.919. The van der Waals surface area contributed by atoms with Gasteiger partial charge < -0.3 is 4.57 Å². The minimum Gasteiger partial charge on any atom is -0.305 e. The molecule has 0 aliphatic heterocycles. The van der Waals surface area contributed by atoms with Crippen LogP contribution in [-0.4, -0.2) is 14.5 Å². The fourth-order valence-corrected chi connectivity index (χ4v) is 1.35. The van der Waals surface area contributed by atoms with Gasteiger partial charge in [0.25, 0.3) is 0 Å².